The molecule has 0 aromatic heterocycles. The molecule has 22 heavy (non-hydrogen) atoms. The zero-order chi connectivity index (χ0) is 16.1. The summed E-state index contributed by atoms with van der Waals surface area (Å²) in [5.74, 6) is 1.10. The van der Waals surface area contributed by atoms with Gasteiger partial charge in [-0.25, -0.2) is 13.1 Å². The van der Waals surface area contributed by atoms with E-state index in [0.717, 1.165) is 32.0 Å². The lowest BCUT2D eigenvalue weighted by Crippen LogP contribution is -2.42. The van der Waals surface area contributed by atoms with Gasteiger partial charge in [-0.3, -0.25) is 4.99 Å². The number of hydrogen-bond acceptors (Lipinski definition) is 3. The lowest BCUT2D eigenvalue weighted by molar-refractivity contribution is 0.309. The number of hydrogen-bond donors (Lipinski definition) is 2. The molecule has 1 saturated heterocycles. The summed E-state index contributed by atoms with van der Waals surface area (Å²) in [5, 5.41) is 3.36. The third-order valence-electron chi connectivity index (χ3n) is 4.95. The van der Waals surface area contributed by atoms with Gasteiger partial charge in [-0.1, -0.05) is 12.8 Å². The van der Waals surface area contributed by atoms with Gasteiger partial charge in [0.05, 0.1) is 5.75 Å². The second-order valence-corrected chi connectivity index (χ2v) is 8.60. The number of likely N-dealkylation sites (tertiary alicyclic amines) is 1. The van der Waals surface area contributed by atoms with Crippen molar-refractivity contribution in [1.29, 1.82) is 0 Å². The first-order valence-corrected chi connectivity index (χ1v) is 10.1. The molecule has 1 aliphatic carbocycles. The Bertz CT molecular complexity index is 484. The maximum Gasteiger partial charge on any atom is 0.211 e. The van der Waals surface area contributed by atoms with Gasteiger partial charge in [-0.2, -0.15) is 0 Å². The fourth-order valence-corrected chi connectivity index (χ4v) is 4.26. The first-order valence-electron chi connectivity index (χ1n) is 8.43. The number of sulfonamides is 1. The summed E-state index contributed by atoms with van der Waals surface area (Å²) in [6, 6.07) is 0. The van der Waals surface area contributed by atoms with Crippen molar-refractivity contribution in [2.24, 2.45) is 10.4 Å². The van der Waals surface area contributed by atoms with E-state index in [4.69, 9.17) is 0 Å². The molecule has 1 saturated carbocycles. The van der Waals surface area contributed by atoms with E-state index >= 15 is 0 Å². The van der Waals surface area contributed by atoms with Crippen LogP contribution in [0.3, 0.4) is 0 Å². The summed E-state index contributed by atoms with van der Waals surface area (Å²) < 4.78 is 25.3. The molecule has 0 amide bonds. The highest BCUT2D eigenvalue weighted by Crippen LogP contribution is 2.45. The number of nitrogens with zero attached hydrogens (tertiary/aromatic N) is 2. The molecular formula is C15H30N4O2S. The van der Waals surface area contributed by atoms with Crippen LogP contribution in [0.5, 0.6) is 0 Å². The minimum atomic E-state index is -3.08. The summed E-state index contributed by atoms with van der Waals surface area (Å²) in [6.45, 7) is 5.07. The molecule has 0 bridgehead atoms. The maximum absolute atomic E-state index is 11.3. The average molecular weight is 330 g/mol. The summed E-state index contributed by atoms with van der Waals surface area (Å²) in [5.41, 5.74) is 0.536. The standard InChI is InChI=1S/C15H30N4O2S/c1-3-22(20,21)18-11-6-10-17-14(16-2)19-12-9-15(13-19)7-4-5-8-15/h18H,3-13H2,1-2H3,(H,16,17). The van der Waals surface area contributed by atoms with E-state index in [1.807, 2.05) is 7.05 Å². The molecule has 0 atom stereocenters. The van der Waals surface area contributed by atoms with E-state index in [9.17, 15) is 8.42 Å². The molecule has 2 N–H and O–H groups in total. The fraction of sp³-hybridized carbons (Fsp3) is 0.933. The van der Waals surface area contributed by atoms with Gasteiger partial charge in [0.2, 0.25) is 10.0 Å². The van der Waals surface area contributed by atoms with Crippen LogP contribution in [-0.4, -0.2) is 58.3 Å². The highest BCUT2D eigenvalue weighted by atomic mass is 32.2. The molecule has 1 heterocycles. The molecule has 0 aromatic carbocycles. The second kappa shape index (κ2) is 7.64. The van der Waals surface area contributed by atoms with Crippen molar-refractivity contribution in [3.8, 4) is 0 Å². The first-order chi connectivity index (χ1) is 10.5. The van der Waals surface area contributed by atoms with Crippen LogP contribution in [0.25, 0.3) is 0 Å². The Morgan fingerprint density at radius 1 is 1.23 bits per heavy atom. The molecule has 128 valence electrons. The zero-order valence-corrected chi connectivity index (χ0v) is 14.7. The highest BCUT2D eigenvalue weighted by Gasteiger charge is 2.40. The molecule has 1 aliphatic heterocycles. The first kappa shape index (κ1) is 17.5. The maximum atomic E-state index is 11.3. The molecule has 2 rings (SSSR count). The predicted octanol–water partition coefficient (Wildman–Crippen LogP) is 1.16. The Balaban J connectivity index is 1.70. The number of rotatable bonds is 6. The van der Waals surface area contributed by atoms with Crippen molar-refractivity contribution in [3.63, 3.8) is 0 Å². The van der Waals surface area contributed by atoms with Gasteiger partial charge in [0.15, 0.2) is 5.96 Å². The third-order valence-corrected chi connectivity index (χ3v) is 6.36. The lowest BCUT2D eigenvalue weighted by atomic mass is 9.86. The summed E-state index contributed by atoms with van der Waals surface area (Å²) >= 11 is 0. The molecule has 0 unspecified atom stereocenters. The Morgan fingerprint density at radius 3 is 2.59 bits per heavy atom. The van der Waals surface area contributed by atoms with Gasteiger partial charge in [0.1, 0.15) is 0 Å². The number of guanidine groups is 1. The second-order valence-electron chi connectivity index (χ2n) is 6.50. The van der Waals surface area contributed by atoms with Gasteiger partial charge in [0, 0.05) is 33.2 Å². The molecule has 0 aromatic rings. The largest absolute Gasteiger partial charge is 0.356 e. The average Bonchev–Trinajstić information content (AvgIpc) is 3.13. The predicted molar refractivity (Wildman–Crippen MR) is 90.5 cm³/mol. The molecule has 6 nitrogen and oxygen atoms in total. The van der Waals surface area contributed by atoms with E-state index in [-0.39, 0.29) is 5.75 Å². The van der Waals surface area contributed by atoms with Crippen molar-refractivity contribution in [1.82, 2.24) is 14.9 Å². The Morgan fingerprint density at radius 2 is 1.95 bits per heavy atom. The van der Waals surface area contributed by atoms with Crippen molar-refractivity contribution >= 4 is 16.0 Å². The lowest BCUT2D eigenvalue weighted by Gasteiger charge is -2.25. The van der Waals surface area contributed by atoms with Crippen molar-refractivity contribution < 1.29 is 8.42 Å². The Hall–Kier alpha value is -0.820. The van der Waals surface area contributed by atoms with Gasteiger partial charge in [-0.15, -0.1) is 0 Å². The van der Waals surface area contributed by atoms with E-state index in [2.05, 4.69) is 19.9 Å². The number of nitrogens with one attached hydrogen (secondary N) is 2. The smallest absolute Gasteiger partial charge is 0.211 e. The van der Waals surface area contributed by atoms with Gasteiger partial charge in [-0.05, 0) is 38.0 Å². The van der Waals surface area contributed by atoms with E-state index in [1.54, 1.807) is 6.92 Å². The van der Waals surface area contributed by atoms with E-state index < -0.39 is 10.0 Å². The van der Waals surface area contributed by atoms with Gasteiger partial charge >= 0.3 is 0 Å². The van der Waals surface area contributed by atoms with Crippen LogP contribution in [0.15, 0.2) is 4.99 Å². The van der Waals surface area contributed by atoms with Crippen LogP contribution in [0, 0.1) is 5.41 Å². The monoisotopic (exact) mass is 330 g/mol. The van der Waals surface area contributed by atoms with E-state index in [1.165, 1.54) is 32.1 Å². The summed E-state index contributed by atoms with van der Waals surface area (Å²) in [6.07, 6.45) is 7.51. The van der Waals surface area contributed by atoms with E-state index in [0.29, 0.717) is 12.0 Å². The van der Waals surface area contributed by atoms with Crippen LogP contribution in [0.1, 0.15) is 45.4 Å². The van der Waals surface area contributed by atoms with Crippen LogP contribution >= 0.6 is 0 Å². The normalized spacial score (nSPS) is 21.7. The molecule has 1 spiro atoms. The Labute approximate surface area is 134 Å². The highest BCUT2D eigenvalue weighted by molar-refractivity contribution is 7.89. The fourth-order valence-electron chi connectivity index (χ4n) is 3.60. The topological polar surface area (TPSA) is 73.8 Å². The zero-order valence-electron chi connectivity index (χ0n) is 13.9. The number of aliphatic imine (C=N–C) groups is 1. The van der Waals surface area contributed by atoms with Crippen LogP contribution < -0.4 is 10.0 Å². The third kappa shape index (κ3) is 4.59. The SMILES string of the molecule is CCS(=O)(=O)NCCCNC(=NC)N1CCC2(CCCC2)C1. The molecular weight excluding hydrogens is 300 g/mol. The van der Waals surface area contributed by atoms with Crippen LogP contribution in [0.2, 0.25) is 0 Å². The minimum absolute atomic E-state index is 0.137. The summed E-state index contributed by atoms with van der Waals surface area (Å²) in [4.78, 5) is 6.74. The Kier molecular flexibility index (Phi) is 6.09. The molecule has 0 radical (unpaired) electrons. The van der Waals surface area contributed by atoms with Crippen LogP contribution in [0.4, 0.5) is 0 Å². The van der Waals surface area contributed by atoms with Gasteiger partial charge in [0.25, 0.3) is 0 Å². The van der Waals surface area contributed by atoms with Crippen molar-refractivity contribution in [3.05, 3.63) is 0 Å². The van der Waals surface area contributed by atoms with Crippen molar-refractivity contribution in [2.45, 2.75) is 45.4 Å². The molecule has 2 fully saturated rings. The minimum Gasteiger partial charge on any atom is -0.356 e. The summed E-state index contributed by atoms with van der Waals surface area (Å²) in [7, 11) is -1.25. The van der Waals surface area contributed by atoms with Crippen molar-refractivity contribution in [2.75, 3.05) is 39.0 Å². The molecule has 7 heteroatoms. The molecule has 2 aliphatic rings. The quantitative estimate of drug-likeness (QED) is 0.435. The van der Waals surface area contributed by atoms with Crippen LogP contribution in [-0.2, 0) is 10.0 Å². The van der Waals surface area contributed by atoms with Gasteiger partial charge < -0.3 is 10.2 Å².